The lowest BCUT2D eigenvalue weighted by atomic mass is 10.2. The van der Waals surface area contributed by atoms with Crippen LogP contribution in [0, 0.1) is 0 Å². The van der Waals surface area contributed by atoms with Crippen LogP contribution in [0.5, 0.6) is 11.5 Å². The van der Waals surface area contributed by atoms with Crippen LogP contribution in [0.4, 0.5) is 5.82 Å². The SMILES string of the molecule is c1cc(-c2cc3ncnc(NCc4ccc5c(c4)OCO5)c3s2)ccn1. The van der Waals surface area contributed by atoms with Gasteiger partial charge in [-0.2, -0.15) is 0 Å². The maximum absolute atomic E-state index is 5.44. The molecular weight excluding hydrogens is 348 g/mol. The molecule has 7 heteroatoms. The van der Waals surface area contributed by atoms with Crippen LogP contribution in [-0.2, 0) is 6.54 Å². The summed E-state index contributed by atoms with van der Waals surface area (Å²) in [4.78, 5) is 14.0. The van der Waals surface area contributed by atoms with E-state index in [9.17, 15) is 0 Å². The van der Waals surface area contributed by atoms with Gasteiger partial charge in [-0.3, -0.25) is 4.98 Å². The van der Waals surface area contributed by atoms with E-state index in [1.54, 1.807) is 30.1 Å². The number of hydrogen-bond acceptors (Lipinski definition) is 7. The lowest BCUT2D eigenvalue weighted by molar-refractivity contribution is 0.174. The van der Waals surface area contributed by atoms with Gasteiger partial charge in [-0.05, 0) is 41.5 Å². The van der Waals surface area contributed by atoms with Gasteiger partial charge in [0.1, 0.15) is 12.1 Å². The fourth-order valence-corrected chi connectivity index (χ4v) is 3.96. The smallest absolute Gasteiger partial charge is 0.231 e. The molecule has 0 unspecified atom stereocenters. The number of rotatable bonds is 4. The molecular formula is C19H14N4O2S. The molecule has 3 aromatic heterocycles. The summed E-state index contributed by atoms with van der Waals surface area (Å²) in [5.41, 5.74) is 3.17. The molecule has 5 rings (SSSR count). The van der Waals surface area contributed by atoms with Gasteiger partial charge in [-0.1, -0.05) is 6.07 Å². The van der Waals surface area contributed by atoms with E-state index < -0.39 is 0 Å². The summed E-state index contributed by atoms with van der Waals surface area (Å²) in [7, 11) is 0. The number of thiophene rings is 1. The van der Waals surface area contributed by atoms with E-state index in [1.807, 2.05) is 30.3 Å². The second kappa shape index (κ2) is 6.27. The van der Waals surface area contributed by atoms with Crippen molar-refractivity contribution in [3.63, 3.8) is 0 Å². The van der Waals surface area contributed by atoms with Crippen molar-refractivity contribution in [2.75, 3.05) is 12.1 Å². The van der Waals surface area contributed by atoms with Crippen LogP contribution in [0.1, 0.15) is 5.56 Å². The number of hydrogen-bond donors (Lipinski definition) is 1. The molecule has 26 heavy (non-hydrogen) atoms. The molecule has 128 valence electrons. The van der Waals surface area contributed by atoms with E-state index in [-0.39, 0.29) is 6.79 Å². The standard InChI is InChI=1S/C19H14N4O2S/c1-2-15-16(25-11-24-15)7-12(1)9-21-19-18-14(22-10-23-19)8-17(26-18)13-3-5-20-6-4-13/h1-8,10H,9,11H2,(H,21,22,23). The van der Waals surface area contributed by atoms with Crippen LogP contribution in [0.15, 0.2) is 55.1 Å². The number of aromatic nitrogens is 3. The number of pyridine rings is 1. The van der Waals surface area contributed by atoms with E-state index in [0.29, 0.717) is 6.54 Å². The van der Waals surface area contributed by atoms with Crippen LogP contribution >= 0.6 is 11.3 Å². The fraction of sp³-hybridized carbons (Fsp3) is 0.105. The molecule has 0 radical (unpaired) electrons. The van der Waals surface area contributed by atoms with Gasteiger partial charge in [0, 0.05) is 23.8 Å². The van der Waals surface area contributed by atoms with E-state index in [4.69, 9.17) is 9.47 Å². The van der Waals surface area contributed by atoms with Crippen LogP contribution in [-0.4, -0.2) is 21.7 Å². The van der Waals surface area contributed by atoms with Gasteiger partial charge in [0.15, 0.2) is 11.5 Å². The highest BCUT2D eigenvalue weighted by Gasteiger charge is 2.14. The molecule has 1 aliphatic rings. The molecule has 0 saturated heterocycles. The summed E-state index contributed by atoms with van der Waals surface area (Å²) in [6.07, 6.45) is 5.18. The largest absolute Gasteiger partial charge is 0.454 e. The minimum absolute atomic E-state index is 0.283. The molecule has 1 aromatic carbocycles. The number of nitrogens with one attached hydrogen (secondary N) is 1. The summed E-state index contributed by atoms with van der Waals surface area (Å²) in [5.74, 6) is 2.41. The molecule has 4 aromatic rings. The molecule has 0 bridgehead atoms. The molecule has 0 atom stereocenters. The van der Waals surface area contributed by atoms with Gasteiger partial charge in [-0.15, -0.1) is 11.3 Å². The maximum Gasteiger partial charge on any atom is 0.231 e. The average molecular weight is 362 g/mol. The molecule has 4 heterocycles. The van der Waals surface area contributed by atoms with Gasteiger partial charge in [-0.25, -0.2) is 9.97 Å². The minimum atomic E-state index is 0.283. The van der Waals surface area contributed by atoms with Crippen molar-refractivity contribution in [1.82, 2.24) is 15.0 Å². The predicted molar refractivity (Wildman–Crippen MR) is 101 cm³/mol. The van der Waals surface area contributed by atoms with Crippen LogP contribution in [0.25, 0.3) is 20.7 Å². The third-order valence-corrected chi connectivity index (χ3v) is 5.35. The number of anilines is 1. The van der Waals surface area contributed by atoms with Crippen LogP contribution in [0.2, 0.25) is 0 Å². The van der Waals surface area contributed by atoms with E-state index >= 15 is 0 Å². The molecule has 0 spiro atoms. The predicted octanol–water partition coefficient (Wildman–Crippen LogP) is 4.09. The molecule has 1 N–H and O–H groups in total. The first-order valence-corrected chi connectivity index (χ1v) is 8.96. The van der Waals surface area contributed by atoms with Crippen molar-refractivity contribution in [3.8, 4) is 21.9 Å². The Morgan fingerprint density at radius 2 is 1.88 bits per heavy atom. The van der Waals surface area contributed by atoms with E-state index in [1.165, 1.54) is 0 Å². The third kappa shape index (κ3) is 2.72. The van der Waals surface area contributed by atoms with Gasteiger partial charge in [0.05, 0.1) is 10.2 Å². The van der Waals surface area contributed by atoms with Crippen molar-refractivity contribution in [1.29, 1.82) is 0 Å². The van der Waals surface area contributed by atoms with Crippen LogP contribution in [0.3, 0.4) is 0 Å². The van der Waals surface area contributed by atoms with Crippen molar-refractivity contribution >= 4 is 27.4 Å². The zero-order valence-electron chi connectivity index (χ0n) is 13.7. The average Bonchev–Trinajstić information content (AvgIpc) is 3.33. The Hall–Kier alpha value is -3.19. The summed E-state index contributed by atoms with van der Waals surface area (Å²) in [5, 5.41) is 3.41. The van der Waals surface area contributed by atoms with Gasteiger partial charge >= 0.3 is 0 Å². The first-order chi connectivity index (χ1) is 12.9. The molecule has 0 fully saturated rings. The summed E-state index contributed by atoms with van der Waals surface area (Å²) in [6, 6.07) is 12.0. The van der Waals surface area contributed by atoms with Crippen molar-refractivity contribution in [3.05, 3.63) is 60.7 Å². The Labute approximate surface area is 153 Å². The number of benzene rings is 1. The topological polar surface area (TPSA) is 69.2 Å². The maximum atomic E-state index is 5.44. The summed E-state index contributed by atoms with van der Waals surface area (Å²) >= 11 is 1.67. The zero-order valence-corrected chi connectivity index (χ0v) is 14.5. The highest BCUT2D eigenvalue weighted by molar-refractivity contribution is 7.22. The zero-order chi connectivity index (χ0) is 17.3. The Morgan fingerprint density at radius 3 is 2.81 bits per heavy atom. The lowest BCUT2D eigenvalue weighted by Gasteiger charge is -2.07. The van der Waals surface area contributed by atoms with Gasteiger partial charge in [0.2, 0.25) is 6.79 Å². The van der Waals surface area contributed by atoms with Crippen molar-refractivity contribution < 1.29 is 9.47 Å². The number of nitrogens with zero attached hydrogens (tertiary/aromatic N) is 3. The third-order valence-electron chi connectivity index (χ3n) is 4.17. The quantitative estimate of drug-likeness (QED) is 0.590. The van der Waals surface area contributed by atoms with Gasteiger partial charge in [0.25, 0.3) is 0 Å². The molecule has 6 nitrogen and oxygen atoms in total. The molecule has 0 aliphatic carbocycles. The highest BCUT2D eigenvalue weighted by Crippen LogP contribution is 2.36. The number of ether oxygens (including phenoxy) is 2. The van der Waals surface area contributed by atoms with Crippen molar-refractivity contribution in [2.24, 2.45) is 0 Å². The molecule has 1 aliphatic heterocycles. The first-order valence-electron chi connectivity index (χ1n) is 8.14. The Balaban J connectivity index is 1.43. The molecule has 0 saturated carbocycles. The van der Waals surface area contributed by atoms with E-state index in [0.717, 1.165) is 43.5 Å². The summed E-state index contributed by atoms with van der Waals surface area (Å²) < 4.78 is 11.8. The monoisotopic (exact) mass is 362 g/mol. The number of fused-ring (bicyclic) bond motifs is 2. The van der Waals surface area contributed by atoms with Crippen LogP contribution < -0.4 is 14.8 Å². The highest BCUT2D eigenvalue weighted by atomic mass is 32.1. The normalized spacial score (nSPS) is 12.5. The Bertz CT molecular complexity index is 1080. The second-order valence-corrected chi connectivity index (χ2v) is 6.88. The first kappa shape index (κ1) is 15.1. The lowest BCUT2D eigenvalue weighted by Crippen LogP contribution is -2.01. The summed E-state index contributed by atoms with van der Waals surface area (Å²) in [6.45, 7) is 0.928. The fourth-order valence-electron chi connectivity index (χ4n) is 2.88. The van der Waals surface area contributed by atoms with Crippen molar-refractivity contribution in [2.45, 2.75) is 6.54 Å². The Kier molecular flexibility index (Phi) is 3.64. The molecule has 0 amide bonds. The minimum Gasteiger partial charge on any atom is -0.454 e. The van der Waals surface area contributed by atoms with Gasteiger partial charge < -0.3 is 14.8 Å². The Morgan fingerprint density at radius 1 is 1.00 bits per heavy atom. The van der Waals surface area contributed by atoms with E-state index in [2.05, 4.69) is 26.3 Å². The second-order valence-electron chi connectivity index (χ2n) is 5.82.